The molecule has 2 heterocycles. The van der Waals surface area contributed by atoms with Crippen molar-refractivity contribution in [3.63, 3.8) is 0 Å². The first kappa shape index (κ1) is 26.0. The molecular weight excluding hydrogens is 457 g/mol. The number of rotatable bonds is 4. The molecule has 0 aromatic rings. The highest BCUT2D eigenvalue weighted by atomic mass is 19.4. The summed E-state index contributed by atoms with van der Waals surface area (Å²) in [6.45, 7) is 6.20. The third-order valence-corrected chi connectivity index (χ3v) is 8.62. The number of aliphatic imine (C=N–C) groups is 1. The van der Waals surface area contributed by atoms with Crippen LogP contribution in [0.5, 0.6) is 0 Å². The lowest BCUT2D eigenvalue weighted by Crippen LogP contribution is -2.55. The Kier molecular flexibility index (Phi) is 7.81. The molecule has 2 atom stereocenters. The number of carbonyl (C=O) groups is 2. The average Bonchev–Trinajstić information content (AvgIpc) is 3.29. The maximum Gasteiger partial charge on any atom is 0.412 e. The number of carbonyl (C=O) groups excluding carboxylic acids is 2. The van der Waals surface area contributed by atoms with Crippen molar-refractivity contribution in [2.45, 2.75) is 83.9 Å². The Morgan fingerprint density at radius 3 is 2.40 bits per heavy atom. The normalized spacial score (nSPS) is 28.7. The number of halogens is 3. The summed E-state index contributed by atoms with van der Waals surface area (Å²) in [5.74, 6) is 0.898. The van der Waals surface area contributed by atoms with E-state index < -0.39 is 17.2 Å². The number of nitrogens with zero attached hydrogens (tertiary/aromatic N) is 3. The van der Waals surface area contributed by atoms with Crippen molar-refractivity contribution in [2.75, 3.05) is 32.7 Å². The van der Waals surface area contributed by atoms with Gasteiger partial charge in [0.15, 0.2) is 0 Å². The van der Waals surface area contributed by atoms with Gasteiger partial charge in [0.2, 0.25) is 11.8 Å². The topological polar surface area (TPSA) is 65.0 Å². The van der Waals surface area contributed by atoms with Crippen LogP contribution in [-0.4, -0.2) is 72.4 Å². The Morgan fingerprint density at radius 2 is 1.77 bits per heavy atom. The number of amides is 2. The van der Waals surface area contributed by atoms with Crippen LogP contribution in [0.4, 0.5) is 13.2 Å². The van der Waals surface area contributed by atoms with Crippen molar-refractivity contribution in [3.8, 4) is 0 Å². The van der Waals surface area contributed by atoms with Gasteiger partial charge < -0.3 is 15.1 Å². The minimum absolute atomic E-state index is 0.0274. The van der Waals surface area contributed by atoms with Crippen LogP contribution in [0, 0.1) is 17.3 Å². The molecule has 6 nitrogen and oxygen atoms in total. The number of hydrogen-bond donors (Lipinski definition) is 1. The van der Waals surface area contributed by atoms with Gasteiger partial charge in [-0.05, 0) is 50.5 Å². The molecule has 9 heteroatoms. The molecule has 2 aliphatic heterocycles. The fraction of sp³-hybridized carbons (Fsp3) is 0.808. The summed E-state index contributed by atoms with van der Waals surface area (Å²) >= 11 is 0. The van der Waals surface area contributed by atoms with Gasteiger partial charge in [0.1, 0.15) is 5.84 Å². The van der Waals surface area contributed by atoms with Crippen molar-refractivity contribution in [1.29, 1.82) is 0 Å². The molecule has 2 amide bonds. The van der Waals surface area contributed by atoms with Crippen LogP contribution >= 0.6 is 0 Å². The van der Waals surface area contributed by atoms with Crippen LogP contribution in [0.15, 0.2) is 16.6 Å². The summed E-state index contributed by atoms with van der Waals surface area (Å²) in [6, 6.07) is 0.0274. The van der Waals surface area contributed by atoms with Crippen LogP contribution < -0.4 is 5.32 Å². The Morgan fingerprint density at radius 1 is 1.09 bits per heavy atom. The predicted octanol–water partition coefficient (Wildman–Crippen LogP) is 4.31. The van der Waals surface area contributed by atoms with Crippen LogP contribution in [0.25, 0.3) is 0 Å². The van der Waals surface area contributed by atoms with E-state index in [0.717, 1.165) is 44.6 Å². The average molecular weight is 497 g/mol. The Balaban J connectivity index is 1.35. The minimum Gasteiger partial charge on any atom is -0.353 e. The van der Waals surface area contributed by atoms with Crippen molar-refractivity contribution < 1.29 is 22.8 Å². The Labute approximate surface area is 206 Å². The SMILES string of the molecule is CC(C)[C@]1(C(=O)N2CCN(C3=NCCC(C(F)(F)F)=C3)CC2)CC[C@@H](NC(=O)C2CCCCC2)C1. The minimum atomic E-state index is -4.33. The number of hydrogen-bond acceptors (Lipinski definition) is 4. The summed E-state index contributed by atoms with van der Waals surface area (Å²) in [5.41, 5.74) is -1.04. The second-order valence-electron chi connectivity index (χ2n) is 11.0. The standard InChI is InChI=1S/C26H39F3N4O2/c1-18(2)25(10-8-21(17-25)31-23(34)19-6-4-3-5-7-19)24(35)33-14-12-32(13-15-33)22-16-20(9-11-30-22)26(27,28)29/h16,18-19,21H,3-15,17H2,1-2H3,(H,31,34)/t21-,25+/m1/s1. The Bertz CT molecular complexity index is 855. The zero-order chi connectivity index (χ0) is 25.2. The molecule has 0 spiro atoms. The first-order chi connectivity index (χ1) is 16.6. The monoisotopic (exact) mass is 496 g/mol. The van der Waals surface area contributed by atoms with Gasteiger partial charge in [-0.1, -0.05) is 33.1 Å². The second-order valence-corrected chi connectivity index (χ2v) is 11.0. The number of piperazine rings is 1. The zero-order valence-corrected chi connectivity index (χ0v) is 21.0. The first-order valence-corrected chi connectivity index (χ1v) is 13.3. The van der Waals surface area contributed by atoms with Crippen LogP contribution in [-0.2, 0) is 9.59 Å². The molecule has 0 aromatic carbocycles. The van der Waals surface area contributed by atoms with E-state index in [2.05, 4.69) is 24.2 Å². The highest BCUT2D eigenvalue weighted by Gasteiger charge is 2.50. The van der Waals surface area contributed by atoms with Gasteiger partial charge in [-0.3, -0.25) is 14.6 Å². The number of dihydropyridines is 1. The third kappa shape index (κ3) is 5.69. The van der Waals surface area contributed by atoms with E-state index in [4.69, 9.17) is 0 Å². The smallest absolute Gasteiger partial charge is 0.353 e. The summed E-state index contributed by atoms with van der Waals surface area (Å²) in [4.78, 5) is 34.6. The first-order valence-electron chi connectivity index (χ1n) is 13.3. The highest BCUT2D eigenvalue weighted by Crippen LogP contribution is 2.46. The maximum absolute atomic E-state index is 13.8. The third-order valence-electron chi connectivity index (χ3n) is 8.62. The van der Waals surface area contributed by atoms with E-state index in [-0.39, 0.29) is 42.7 Å². The molecule has 0 bridgehead atoms. The largest absolute Gasteiger partial charge is 0.412 e. The van der Waals surface area contributed by atoms with Crippen LogP contribution in [0.3, 0.4) is 0 Å². The lowest BCUT2D eigenvalue weighted by Gasteiger charge is -2.42. The molecule has 0 aromatic heterocycles. The summed E-state index contributed by atoms with van der Waals surface area (Å²) in [5, 5.41) is 3.25. The van der Waals surface area contributed by atoms with E-state index in [0.29, 0.717) is 38.4 Å². The van der Waals surface area contributed by atoms with Crippen molar-refractivity contribution in [3.05, 3.63) is 11.6 Å². The maximum atomic E-state index is 13.8. The summed E-state index contributed by atoms with van der Waals surface area (Å²) < 4.78 is 39.4. The van der Waals surface area contributed by atoms with Gasteiger partial charge in [-0.2, -0.15) is 13.2 Å². The lowest BCUT2D eigenvalue weighted by atomic mass is 9.74. The summed E-state index contributed by atoms with van der Waals surface area (Å²) in [6.07, 6.45) is 4.33. The van der Waals surface area contributed by atoms with Gasteiger partial charge in [0, 0.05) is 50.3 Å². The van der Waals surface area contributed by atoms with Gasteiger partial charge in [-0.25, -0.2) is 0 Å². The van der Waals surface area contributed by atoms with Gasteiger partial charge >= 0.3 is 6.18 Å². The van der Waals surface area contributed by atoms with Crippen molar-refractivity contribution in [2.24, 2.45) is 22.2 Å². The molecule has 1 N–H and O–H groups in total. The lowest BCUT2D eigenvalue weighted by molar-refractivity contribution is -0.146. The number of amidine groups is 1. The van der Waals surface area contributed by atoms with Gasteiger partial charge in [0.25, 0.3) is 0 Å². The fourth-order valence-corrected chi connectivity index (χ4v) is 6.28. The van der Waals surface area contributed by atoms with E-state index in [1.54, 1.807) is 0 Å². The molecule has 0 unspecified atom stereocenters. The van der Waals surface area contributed by atoms with E-state index >= 15 is 0 Å². The number of alkyl halides is 3. The van der Waals surface area contributed by atoms with Crippen molar-refractivity contribution in [1.82, 2.24) is 15.1 Å². The quantitative estimate of drug-likeness (QED) is 0.631. The fourth-order valence-electron chi connectivity index (χ4n) is 6.28. The zero-order valence-electron chi connectivity index (χ0n) is 21.0. The molecule has 35 heavy (non-hydrogen) atoms. The number of nitrogens with one attached hydrogen (secondary N) is 1. The Hall–Kier alpha value is -2.06. The predicted molar refractivity (Wildman–Crippen MR) is 129 cm³/mol. The van der Waals surface area contributed by atoms with Gasteiger partial charge in [0.05, 0.1) is 5.41 Å². The van der Waals surface area contributed by atoms with E-state index in [1.165, 1.54) is 6.42 Å². The van der Waals surface area contributed by atoms with E-state index in [9.17, 15) is 22.8 Å². The molecule has 2 aliphatic carbocycles. The molecule has 3 fully saturated rings. The highest BCUT2D eigenvalue weighted by molar-refractivity contribution is 5.94. The molecule has 1 saturated heterocycles. The van der Waals surface area contributed by atoms with Crippen LogP contribution in [0.1, 0.15) is 71.6 Å². The molecular formula is C26H39F3N4O2. The molecule has 4 aliphatic rings. The molecule has 4 rings (SSSR count). The van der Waals surface area contributed by atoms with Crippen molar-refractivity contribution >= 4 is 17.6 Å². The van der Waals surface area contributed by atoms with Gasteiger partial charge in [-0.15, -0.1) is 0 Å². The molecule has 0 radical (unpaired) electrons. The molecule has 196 valence electrons. The second kappa shape index (κ2) is 10.5. The van der Waals surface area contributed by atoms with E-state index in [1.807, 2.05) is 9.80 Å². The van der Waals surface area contributed by atoms with Crippen LogP contribution in [0.2, 0.25) is 0 Å². The summed E-state index contributed by atoms with van der Waals surface area (Å²) in [7, 11) is 0. The molecule has 2 saturated carbocycles.